The van der Waals surface area contributed by atoms with Crippen LogP contribution in [0.1, 0.15) is 34.6 Å². The van der Waals surface area contributed by atoms with Gasteiger partial charge in [0.2, 0.25) is 0 Å². The second-order valence-corrected chi connectivity index (χ2v) is 7.25. The van der Waals surface area contributed by atoms with Crippen molar-refractivity contribution in [1.82, 2.24) is 20.1 Å². The highest BCUT2D eigenvalue weighted by molar-refractivity contribution is 6.00. The van der Waals surface area contributed by atoms with E-state index >= 15 is 0 Å². The lowest BCUT2D eigenvalue weighted by molar-refractivity contribution is 0.0939. The number of halogens is 2. The Kier molecular flexibility index (Phi) is 5.58. The third kappa shape index (κ3) is 4.35. The Morgan fingerprint density at radius 1 is 1.06 bits per heavy atom. The normalized spacial score (nSPS) is 11.9. The standard InChI is InChI=1S/C24H20F2N4O/c1-15-8-10-19(11-9-15)30-14-20(23(29-30)17-6-4-3-5-7-17)24(31)28-16(2)22-21(26)12-18(25)13-27-22/h3-14,16H,1-2H3,(H,28,31)/t16-/m1/s1. The maximum absolute atomic E-state index is 14.1. The number of nitrogens with one attached hydrogen (secondary N) is 1. The molecule has 4 aromatic rings. The number of hydrogen-bond donors (Lipinski definition) is 1. The summed E-state index contributed by atoms with van der Waals surface area (Å²) in [4.78, 5) is 16.9. The van der Waals surface area contributed by atoms with E-state index < -0.39 is 23.6 Å². The maximum atomic E-state index is 14.1. The zero-order valence-corrected chi connectivity index (χ0v) is 17.0. The average molecular weight is 418 g/mol. The summed E-state index contributed by atoms with van der Waals surface area (Å²) in [5.74, 6) is -2.02. The van der Waals surface area contributed by atoms with Crippen molar-refractivity contribution in [1.29, 1.82) is 0 Å². The van der Waals surface area contributed by atoms with Crippen molar-refractivity contribution in [2.45, 2.75) is 19.9 Å². The minimum Gasteiger partial charge on any atom is -0.344 e. The first-order chi connectivity index (χ1) is 14.9. The molecule has 0 bridgehead atoms. The summed E-state index contributed by atoms with van der Waals surface area (Å²) in [5.41, 5.74) is 3.49. The topological polar surface area (TPSA) is 59.8 Å². The van der Waals surface area contributed by atoms with Gasteiger partial charge in [0.15, 0.2) is 0 Å². The van der Waals surface area contributed by atoms with E-state index in [0.29, 0.717) is 11.3 Å². The molecule has 2 aromatic carbocycles. The molecule has 0 saturated carbocycles. The Balaban J connectivity index is 1.70. The quantitative estimate of drug-likeness (QED) is 0.496. The molecule has 1 atom stereocenters. The number of hydrogen-bond acceptors (Lipinski definition) is 3. The van der Waals surface area contributed by atoms with E-state index in [-0.39, 0.29) is 5.69 Å². The number of amides is 1. The Labute approximate surface area is 178 Å². The summed E-state index contributed by atoms with van der Waals surface area (Å²) in [6.07, 6.45) is 2.56. The molecule has 1 amide bonds. The number of carbonyl (C=O) groups is 1. The van der Waals surface area contributed by atoms with Crippen LogP contribution < -0.4 is 5.32 Å². The molecule has 0 spiro atoms. The van der Waals surface area contributed by atoms with Crippen LogP contribution in [0, 0.1) is 18.6 Å². The third-order valence-corrected chi connectivity index (χ3v) is 4.90. The van der Waals surface area contributed by atoms with Gasteiger partial charge < -0.3 is 5.32 Å². The van der Waals surface area contributed by atoms with Gasteiger partial charge in [-0.1, -0.05) is 48.0 Å². The molecular weight excluding hydrogens is 398 g/mol. The van der Waals surface area contributed by atoms with Crippen LogP contribution in [0.25, 0.3) is 16.9 Å². The van der Waals surface area contributed by atoms with Crippen LogP contribution in [-0.4, -0.2) is 20.7 Å². The van der Waals surface area contributed by atoms with Gasteiger partial charge in [-0.2, -0.15) is 5.10 Å². The summed E-state index contributed by atoms with van der Waals surface area (Å²) >= 11 is 0. The molecule has 156 valence electrons. The fourth-order valence-corrected chi connectivity index (χ4v) is 3.27. The average Bonchev–Trinajstić information content (AvgIpc) is 3.20. The number of benzene rings is 2. The van der Waals surface area contributed by atoms with Crippen LogP contribution in [0.3, 0.4) is 0 Å². The van der Waals surface area contributed by atoms with Gasteiger partial charge in [-0.05, 0) is 26.0 Å². The Morgan fingerprint density at radius 2 is 1.77 bits per heavy atom. The SMILES string of the molecule is Cc1ccc(-n2cc(C(=O)N[C@H](C)c3ncc(F)cc3F)c(-c3ccccc3)n2)cc1. The lowest BCUT2D eigenvalue weighted by Crippen LogP contribution is -2.28. The number of nitrogens with zero attached hydrogens (tertiary/aromatic N) is 3. The van der Waals surface area contributed by atoms with Crippen molar-refractivity contribution >= 4 is 5.91 Å². The van der Waals surface area contributed by atoms with Crippen LogP contribution in [0.5, 0.6) is 0 Å². The molecule has 7 heteroatoms. The van der Waals surface area contributed by atoms with Crippen LogP contribution in [0.15, 0.2) is 73.1 Å². The van der Waals surface area contributed by atoms with E-state index in [9.17, 15) is 13.6 Å². The van der Waals surface area contributed by atoms with Gasteiger partial charge in [0.05, 0.1) is 29.2 Å². The number of aromatic nitrogens is 3. The van der Waals surface area contributed by atoms with E-state index in [1.165, 1.54) is 0 Å². The minimum atomic E-state index is -0.813. The van der Waals surface area contributed by atoms with Crippen LogP contribution >= 0.6 is 0 Å². The van der Waals surface area contributed by atoms with Crippen molar-refractivity contribution in [3.63, 3.8) is 0 Å². The third-order valence-electron chi connectivity index (χ3n) is 4.90. The van der Waals surface area contributed by atoms with E-state index in [2.05, 4.69) is 15.4 Å². The van der Waals surface area contributed by atoms with Crippen molar-refractivity contribution in [3.05, 3.63) is 102 Å². The second kappa shape index (κ2) is 8.47. The first-order valence-corrected chi connectivity index (χ1v) is 9.76. The van der Waals surface area contributed by atoms with E-state index in [1.54, 1.807) is 17.8 Å². The first-order valence-electron chi connectivity index (χ1n) is 9.76. The van der Waals surface area contributed by atoms with E-state index in [0.717, 1.165) is 29.1 Å². The maximum Gasteiger partial charge on any atom is 0.255 e. The summed E-state index contributed by atoms with van der Waals surface area (Å²) in [6, 6.07) is 17.1. The van der Waals surface area contributed by atoms with Crippen LogP contribution in [0.2, 0.25) is 0 Å². The lowest BCUT2D eigenvalue weighted by Gasteiger charge is -2.14. The van der Waals surface area contributed by atoms with Crippen LogP contribution in [-0.2, 0) is 0 Å². The van der Waals surface area contributed by atoms with Gasteiger partial charge in [-0.15, -0.1) is 0 Å². The molecule has 0 aliphatic rings. The fraction of sp³-hybridized carbons (Fsp3) is 0.125. The summed E-state index contributed by atoms with van der Waals surface area (Å²) < 4.78 is 28.9. The second-order valence-electron chi connectivity index (χ2n) is 7.25. The van der Waals surface area contributed by atoms with Gasteiger partial charge in [0.1, 0.15) is 17.3 Å². The molecule has 0 aliphatic heterocycles. The molecule has 0 fully saturated rings. The van der Waals surface area contributed by atoms with Gasteiger partial charge >= 0.3 is 0 Å². The monoisotopic (exact) mass is 418 g/mol. The Hall–Kier alpha value is -3.87. The van der Waals surface area contributed by atoms with Crippen molar-refractivity contribution < 1.29 is 13.6 Å². The molecule has 0 radical (unpaired) electrons. The van der Waals surface area contributed by atoms with Gasteiger partial charge in [-0.3, -0.25) is 9.78 Å². The van der Waals surface area contributed by atoms with Crippen molar-refractivity contribution in [2.75, 3.05) is 0 Å². The highest BCUT2D eigenvalue weighted by Gasteiger charge is 2.22. The van der Waals surface area contributed by atoms with E-state index in [1.807, 2.05) is 61.5 Å². The fourth-order valence-electron chi connectivity index (χ4n) is 3.27. The number of rotatable bonds is 5. The minimum absolute atomic E-state index is 0.0399. The van der Waals surface area contributed by atoms with Crippen molar-refractivity contribution in [2.24, 2.45) is 0 Å². The molecule has 0 aliphatic carbocycles. The van der Waals surface area contributed by atoms with Gasteiger partial charge in [0.25, 0.3) is 5.91 Å². The number of aryl methyl sites for hydroxylation is 1. The van der Waals surface area contributed by atoms with Gasteiger partial charge in [0, 0.05) is 17.8 Å². The number of pyridine rings is 1. The smallest absolute Gasteiger partial charge is 0.255 e. The highest BCUT2D eigenvalue weighted by atomic mass is 19.1. The highest BCUT2D eigenvalue weighted by Crippen LogP contribution is 2.25. The molecule has 0 unspecified atom stereocenters. The van der Waals surface area contributed by atoms with Crippen molar-refractivity contribution in [3.8, 4) is 16.9 Å². The summed E-state index contributed by atoms with van der Waals surface area (Å²) in [5, 5.41) is 7.37. The predicted octanol–water partition coefficient (Wildman–Crippen LogP) is 5.01. The van der Waals surface area contributed by atoms with E-state index in [4.69, 9.17) is 0 Å². The molecular formula is C24H20F2N4O. The number of carbonyl (C=O) groups excluding carboxylic acids is 1. The summed E-state index contributed by atoms with van der Waals surface area (Å²) in [6.45, 7) is 3.58. The molecule has 5 nitrogen and oxygen atoms in total. The predicted molar refractivity (Wildman–Crippen MR) is 114 cm³/mol. The van der Waals surface area contributed by atoms with Gasteiger partial charge in [-0.25, -0.2) is 13.5 Å². The largest absolute Gasteiger partial charge is 0.344 e. The first kappa shape index (κ1) is 20.4. The van der Waals surface area contributed by atoms with Crippen LogP contribution in [0.4, 0.5) is 8.78 Å². The summed E-state index contributed by atoms with van der Waals surface area (Å²) in [7, 11) is 0. The molecule has 2 heterocycles. The molecule has 0 saturated heterocycles. The Bertz CT molecular complexity index is 1220. The lowest BCUT2D eigenvalue weighted by atomic mass is 10.1. The Morgan fingerprint density at radius 3 is 2.45 bits per heavy atom. The zero-order valence-electron chi connectivity index (χ0n) is 17.0. The molecule has 31 heavy (non-hydrogen) atoms. The zero-order chi connectivity index (χ0) is 22.0. The molecule has 2 aromatic heterocycles. The molecule has 1 N–H and O–H groups in total. The molecule has 4 rings (SSSR count).